The number of carbonyl (C=O) groups excluding carboxylic acids is 1. The maximum Gasteiger partial charge on any atom is 0.170 e. The molecule has 3 aromatic heterocycles. The third-order valence-corrected chi connectivity index (χ3v) is 5.61. The Balaban J connectivity index is 0.00000119. The highest BCUT2D eigenvalue weighted by Crippen LogP contribution is 2.36. The van der Waals surface area contributed by atoms with Crippen molar-refractivity contribution < 1.29 is 13.9 Å². The topological polar surface area (TPSA) is 100 Å². The van der Waals surface area contributed by atoms with Crippen LogP contribution in [-0.4, -0.2) is 50.7 Å². The zero-order valence-corrected chi connectivity index (χ0v) is 18.2. The van der Waals surface area contributed by atoms with Gasteiger partial charge in [0, 0.05) is 24.8 Å². The van der Waals surface area contributed by atoms with Crippen molar-refractivity contribution in [2.75, 3.05) is 20.3 Å². The maximum absolute atomic E-state index is 13.7. The smallest absolute Gasteiger partial charge is 0.170 e. The first kappa shape index (κ1) is 22.1. The van der Waals surface area contributed by atoms with Crippen molar-refractivity contribution in [2.24, 2.45) is 5.73 Å². The van der Waals surface area contributed by atoms with Gasteiger partial charge in [0.05, 0.1) is 28.9 Å². The molecular weight excluding hydrogens is 435 g/mol. The van der Waals surface area contributed by atoms with Gasteiger partial charge in [-0.3, -0.25) is 4.79 Å². The number of imidazole rings is 2. The second-order valence-electron chi connectivity index (χ2n) is 7.11. The van der Waals surface area contributed by atoms with Gasteiger partial charge in [0.2, 0.25) is 0 Å². The molecule has 0 radical (unpaired) electrons. The van der Waals surface area contributed by atoms with Crippen LogP contribution >= 0.6 is 11.6 Å². The van der Waals surface area contributed by atoms with Crippen LogP contribution in [0.4, 0.5) is 4.39 Å². The van der Waals surface area contributed by atoms with Crippen LogP contribution in [0.5, 0.6) is 0 Å². The predicted octanol–water partition coefficient (Wildman–Crippen LogP) is 3.79. The number of nitrogens with two attached hydrogens (primary N) is 1. The Morgan fingerprint density at radius 2 is 1.97 bits per heavy atom. The highest BCUT2D eigenvalue weighted by molar-refractivity contribution is 6.31. The van der Waals surface area contributed by atoms with Crippen LogP contribution in [0.3, 0.4) is 0 Å². The maximum atomic E-state index is 13.7. The first-order valence-electron chi connectivity index (χ1n) is 10.1. The van der Waals surface area contributed by atoms with Gasteiger partial charge in [-0.2, -0.15) is 5.10 Å². The molecule has 0 saturated carbocycles. The van der Waals surface area contributed by atoms with E-state index in [2.05, 4.69) is 25.4 Å². The molecule has 0 bridgehead atoms. The lowest BCUT2D eigenvalue weighted by atomic mass is 10.1. The summed E-state index contributed by atoms with van der Waals surface area (Å²) < 4.78 is 22.8. The molecule has 166 valence electrons. The molecular formula is C22H22ClFN6O2. The molecule has 1 aromatic carbocycles. The molecule has 0 amide bonds. The molecule has 0 spiro atoms. The summed E-state index contributed by atoms with van der Waals surface area (Å²) in [6.07, 6.45) is 5.67. The van der Waals surface area contributed by atoms with Crippen molar-refractivity contribution in [3.8, 4) is 22.6 Å². The summed E-state index contributed by atoms with van der Waals surface area (Å²) in [5.74, 6) is -0.487. The lowest BCUT2D eigenvalue weighted by molar-refractivity contribution is 0.0699. The van der Waals surface area contributed by atoms with E-state index in [1.165, 1.54) is 23.8 Å². The third-order valence-electron chi connectivity index (χ3n) is 5.32. The number of ether oxygens (including phenoxy) is 1. The quantitative estimate of drug-likeness (QED) is 0.469. The minimum atomic E-state index is -0.487. The number of hydrogen-bond donors (Lipinski definition) is 1. The minimum Gasteiger partial charge on any atom is -0.381 e. The molecule has 1 fully saturated rings. The van der Waals surface area contributed by atoms with Crippen LogP contribution in [0, 0.1) is 5.82 Å². The molecule has 1 saturated heterocycles. The number of rotatable bonds is 4. The number of fused-ring (bicyclic) bond motifs is 1. The Hall–Kier alpha value is -3.14. The zero-order chi connectivity index (χ0) is 22.7. The fourth-order valence-corrected chi connectivity index (χ4v) is 3.99. The Bertz CT molecular complexity index is 1250. The van der Waals surface area contributed by atoms with Crippen LogP contribution in [0.15, 0.2) is 42.9 Å². The van der Waals surface area contributed by atoms with Crippen LogP contribution < -0.4 is 5.73 Å². The first-order chi connectivity index (χ1) is 15.7. The summed E-state index contributed by atoms with van der Waals surface area (Å²) in [5.41, 5.74) is 8.16. The second kappa shape index (κ2) is 9.56. The number of hydrogen-bond acceptors (Lipinski definition) is 6. The molecule has 0 aliphatic carbocycles. The van der Waals surface area contributed by atoms with E-state index in [1.54, 1.807) is 24.5 Å². The Morgan fingerprint density at radius 1 is 1.19 bits per heavy atom. The Labute approximate surface area is 188 Å². The van der Waals surface area contributed by atoms with Gasteiger partial charge in [0.1, 0.15) is 17.2 Å². The number of carbonyl (C=O) groups is 1. The van der Waals surface area contributed by atoms with Gasteiger partial charge >= 0.3 is 0 Å². The lowest BCUT2D eigenvalue weighted by Crippen LogP contribution is -2.20. The van der Waals surface area contributed by atoms with E-state index in [0.29, 0.717) is 47.8 Å². The average Bonchev–Trinajstić information content (AvgIpc) is 3.46. The molecule has 0 unspecified atom stereocenters. The summed E-state index contributed by atoms with van der Waals surface area (Å²) in [5, 5.41) is 4.68. The summed E-state index contributed by atoms with van der Waals surface area (Å²) in [6.45, 7) is 1.34. The van der Waals surface area contributed by atoms with Crippen molar-refractivity contribution in [1.29, 1.82) is 0 Å². The SMILES string of the molecule is CN.O=Cc1cnc2ccc(-c3c(-c4ccc(F)c(Cl)c4)ncn3C3CCOCC3)nn12. The van der Waals surface area contributed by atoms with Crippen LogP contribution in [-0.2, 0) is 4.74 Å². The Kier molecular flexibility index (Phi) is 6.59. The van der Waals surface area contributed by atoms with Gasteiger partial charge < -0.3 is 15.0 Å². The number of aldehydes is 1. The molecule has 4 heterocycles. The van der Waals surface area contributed by atoms with Gasteiger partial charge in [-0.25, -0.2) is 18.9 Å². The molecule has 1 aliphatic heterocycles. The van der Waals surface area contributed by atoms with Gasteiger partial charge in [0.15, 0.2) is 11.9 Å². The molecule has 5 rings (SSSR count). The summed E-state index contributed by atoms with van der Waals surface area (Å²) in [4.78, 5) is 20.2. The van der Waals surface area contributed by atoms with Crippen LogP contribution in [0.2, 0.25) is 5.02 Å². The molecule has 2 N–H and O–H groups in total. The summed E-state index contributed by atoms with van der Waals surface area (Å²) in [7, 11) is 1.50. The largest absolute Gasteiger partial charge is 0.381 e. The normalized spacial score (nSPS) is 14.2. The average molecular weight is 457 g/mol. The molecule has 32 heavy (non-hydrogen) atoms. The van der Waals surface area contributed by atoms with Crippen molar-refractivity contribution in [1.82, 2.24) is 24.1 Å². The van der Waals surface area contributed by atoms with E-state index in [0.717, 1.165) is 18.5 Å². The number of nitrogens with zero attached hydrogens (tertiary/aromatic N) is 5. The molecule has 10 heteroatoms. The van der Waals surface area contributed by atoms with Crippen LogP contribution in [0.25, 0.3) is 28.3 Å². The molecule has 8 nitrogen and oxygen atoms in total. The third kappa shape index (κ3) is 4.02. The van der Waals surface area contributed by atoms with E-state index in [9.17, 15) is 9.18 Å². The van der Waals surface area contributed by atoms with E-state index < -0.39 is 5.82 Å². The molecule has 0 atom stereocenters. The zero-order valence-electron chi connectivity index (χ0n) is 17.4. The first-order valence-corrected chi connectivity index (χ1v) is 10.5. The second-order valence-corrected chi connectivity index (χ2v) is 7.52. The minimum absolute atomic E-state index is 0.0281. The van der Waals surface area contributed by atoms with Gasteiger partial charge in [-0.1, -0.05) is 11.6 Å². The van der Waals surface area contributed by atoms with Crippen LogP contribution in [0.1, 0.15) is 29.4 Å². The van der Waals surface area contributed by atoms with E-state index in [1.807, 2.05) is 6.07 Å². The number of aromatic nitrogens is 5. The van der Waals surface area contributed by atoms with Gasteiger partial charge in [-0.15, -0.1) is 0 Å². The van der Waals surface area contributed by atoms with Crippen molar-refractivity contribution >= 4 is 23.5 Å². The summed E-state index contributed by atoms with van der Waals surface area (Å²) >= 11 is 6.03. The van der Waals surface area contributed by atoms with E-state index in [-0.39, 0.29) is 11.1 Å². The van der Waals surface area contributed by atoms with Crippen molar-refractivity contribution in [3.63, 3.8) is 0 Å². The van der Waals surface area contributed by atoms with E-state index >= 15 is 0 Å². The fraction of sp³-hybridized carbons (Fsp3) is 0.273. The molecule has 4 aromatic rings. The predicted molar refractivity (Wildman–Crippen MR) is 119 cm³/mol. The highest BCUT2D eigenvalue weighted by Gasteiger charge is 2.24. The van der Waals surface area contributed by atoms with Crippen molar-refractivity contribution in [2.45, 2.75) is 18.9 Å². The van der Waals surface area contributed by atoms with Gasteiger partial charge in [0.25, 0.3) is 0 Å². The fourth-order valence-electron chi connectivity index (χ4n) is 3.81. The molecule has 1 aliphatic rings. The standard InChI is InChI=1S/C21H17ClFN5O2.CH5N/c22-16-9-13(1-2-17(16)23)20-21(27(12-25-20)14-5-7-30-8-6-14)18-3-4-19-24-10-15(11-29)28(19)26-18;1-2/h1-4,9-12,14H,5-8H2;2H2,1H3. The van der Waals surface area contributed by atoms with E-state index in [4.69, 9.17) is 16.3 Å². The monoisotopic (exact) mass is 456 g/mol. The lowest BCUT2D eigenvalue weighted by Gasteiger charge is -2.25. The van der Waals surface area contributed by atoms with Crippen molar-refractivity contribution in [3.05, 3.63) is 59.4 Å². The van der Waals surface area contributed by atoms with Gasteiger partial charge in [-0.05, 0) is 50.2 Å². The summed E-state index contributed by atoms with van der Waals surface area (Å²) in [6, 6.07) is 8.37. The number of halogens is 2. The number of benzene rings is 1. The highest BCUT2D eigenvalue weighted by atomic mass is 35.5. The Morgan fingerprint density at radius 3 is 2.69 bits per heavy atom.